The van der Waals surface area contributed by atoms with Crippen LogP contribution in [0, 0.1) is 0 Å². The highest BCUT2D eigenvalue weighted by Gasteiger charge is 2.18. The number of unbranched alkanes of at least 4 members (excludes halogenated alkanes) is 12. The summed E-state index contributed by atoms with van der Waals surface area (Å²) in [5.74, 6) is 0.968. The zero-order chi connectivity index (χ0) is 21.7. The molecular formula is C27H48OS2. The van der Waals surface area contributed by atoms with Crippen molar-refractivity contribution >= 4 is 29.6 Å². The molecule has 0 saturated heterocycles. The van der Waals surface area contributed by atoms with Gasteiger partial charge in [0.25, 0.3) is 0 Å². The second-order valence-electron chi connectivity index (χ2n) is 8.57. The zero-order valence-corrected chi connectivity index (χ0v) is 21.7. The highest BCUT2D eigenvalue weighted by molar-refractivity contribution is 8.03. The number of rotatable bonds is 21. The van der Waals surface area contributed by atoms with Gasteiger partial charge in [0.05, 0.1) is 6.26 Å². The maximum Gasteiger partial charge on any atom is 0.126 e. The van der Waals surface area contributed by atoms with Crippen LogP contribution < -0.4 is 0 Å². The van der Waals surface area contributed by atoms with E-state index in [9.17, 15) is 0 Å². The molecule has 1 aromatic rings. The second-order valence-corrected chi connectivity index (χ2v) is 10.7. The fraction of sp³-hybridized carbons (Fsp3) is 0.778. The van der Waals surface area contributed by atoms with E-state index in [-0.39, 0.29) is 0 Å². The Bertz CT molecular complexity index is 483. The summed E-state index contributed by atoms with van der Waals surface area (Å²) in [6.07, 6.45) is 33.0. The molecule has 0 radical (unpaired) electrons. The summed E-state index contributed by atoms with van der Waals surface area (Å²) >= 11 is 4.21. The molecule has 0 bridgehead atoms. The smallest absolute Gasteiger partial charge is 0.126 e. The van der Waals surface area contributed by atoms with E-state index in [4.69, 9.17) is 4.42 Å². The Morgan fingerprint density at radius 2 is 1.30 bits per heavy atom. The molecule has 2 atom stereocenters. The summed E-state index contributed by atoms with van der Waals surface area (Å²) < 4.78 is 5.30. The van der Waals surface area contributed by atoms with Gasteiger partial charge >= 0.3 is 0 Å². The number of thioether (sulfide) groups is 2. The van der Waals surface area contributed by atoms with Crippen molar-refractivity contribution in [2.45, 2.75) is 120 Å². The Morgan fingerprint density at radius 3 is 1.80 bits per heavy atom. The fourth-order valence-electron chi connectivity index (χ4n) is 4.10. The summed E-state index contributed by atoms with van der Waals surface area (Å²) in [4.78, 5) is 0. The van der Waals surface area contributed by atoms with E-state index in [1.165, 1.54) is 103 Å². The highest BCUT2D eigenvalue weighted by Crippen LogP contribution is 2.29. The third-order valence-corrected chi connectivity index (χ3v) is 8.56. The van der Waals surface area contributed by atoms with E-state index in [1.807, 2.05) is 12.1 Å². The van der Waals surface area contributed by atoms with E-state index < -0.39 is 0 Å². The molecule has 30 heavy (non-hydrogen) atoms. The van der Waals surface area contributed by atoms with Crippen molar-refractivity contribution in [2.24, 2.45) is 0 Å². The minimum atomic E-state index is 0.868. The van der Waals surface area contributed by atoms with Crippen LogP contribution in [0.3, 0.4) is 0 Å². The third-order valence-electron chi connectivity index (χ3n) is 6.05. The molecule has 0 spiro atoms. The normalized spacial score (nSPS) is 13.8. The van der Waals surface area contributed by atoms with Gasteiger partial charge in [-0.15, -0.1) is 0 Å². The second kappa shape index (κ2) is 20.6. The highest BCUT2D eigenvalue weighted by atomic mass is 32.2. The molecule has 0 aliphatic rings. The molecule has 0 aliphatic carbocycles. The maximum atomic E-state index is 5.30. The molecule has 0 aliphatic heterocycles. The van der Waals surface area contributed by atoms with Gasteiger partial charge in [0, 0.05) is 10.5 Å². The van der Waals surface area contributed by atoms with Gasteiger partial charge in [0.1, 0.15) is 5.76 Å². The molecule has 0 fully saturated rings. The predicted octanol–water partition coefficient (Wildman–Crippen LogP) is 10.0. The quantitative estimate of drug-likeness (QED) is 0.172. The van der Waals surface area contributed by atoms with Crippen molar-refractivity contribution in [3.05, 3.63) is 30.2 Å². The van der Waals surface area contributed by atoms with Crippen molar-refractivity contribution in [1.82, 2.24) is 0 Å². The van der Waals surface area contributed by atoms with E-state index >= 15 is 0 Å². The Balaban J connectivity index is 1.85. The lowest BCUT2D eigenvalue weighted by Crippen LogP contribution is -2.19. The summed E-state index contributed by atoms with van der Waals surface area (Å²) in [7, 11) is 0. The first-order chi connectivity index (χ1) is 14.8. The number of furan rings is 1. The van der Waals surface area contributed by atoms with Gasteiger partial charge in [0.2, 0.25) is 0 Å². The van der Waals surface area contributed by atoms with Crippen molar-refractivity contribution in [1.29, 1.82) is 0 Å². The van der Waals surface area contributed by atoms with Crippen molar-refractivity contribution in [3.8, 4) is 0 Å². The molecule has 1 aromatic heterocycles. The van der Waals surface area contributed by atoms with Crippen LogP contribution in [0.25, 0.3) is 6.08 Å². The van der Waals surface area contributed by atoms with Crippen molar-refractivity contribution in [3.63, 3.8) is 0 Å². The lowest BCUT2D eigenvalue weighted by atomic mass is 10.0. The molecule has 0 amide bonds. The van der Waals surface area contributed by atoms with Gasteiger partial charge in [-0.2, -0.15) is 23.5 Å². The average molecular weight is 453 g/mol. The van der Waals surface area contributed by atoms with Crippen molar-refractivity contribution < 1.29 is 4.42 Å². The number of hydrogen-bond acceptors (Lipinski definition) is 3. The lowest BCUT2D eigenvalue weighted by molar-refractivity contribution is 0.534. The van der Waals surface area contributed by atoms with E-state index in [2.05, 4.69) is 55.1 Å². The van der Waals surface area contributed by atoms with Gasteiger partial charge in [0.15, 0.2) is 0 Å². The van der Waals surface area contributed by atoms with E-state index in [1.54, 1.807) is 6.26 Å². The minimum Gasteiger partial charge on any atom is -0.465 e. The first kappa shape index (κ1) is 27.8. The molecule has 1 nitrogen and oxygen atoms in total. The standard InChI is InChI=1S/C27H48OS2/c1-4-5-22-26(29-2)27(30-3)23-18-16-14-12-10-8-6-7-9-11-13-15-17-20-25-21-19-24-28-25/h17,19-21,24,26-27H,4-16,18,22-23H2,1-3H3/b20-17+. The first-order valence-corrected chi connectivity index (χ1v) is 15.1. The van der Waals surface area contributed by atoms with Crippen LogP contribution in [0.1, 0.15) is 115 Å². The first-order valence-electron chi connectivity index (χ1n) is 12.6. The van der Waals surface area contributed by atoms with Crippen LogP contribution in [-0.2, 0) is 0 Å². The summed E-state index contributed by atoms with van der Waals surface area (Å²) in [5, 5.41) is 1.74. The largest absolute Gasteiger partial charge is 0.465 e. The maximum absolute atomic E-state index is 5.30. The lowest BCUT2D eigenvalue weighted by Gasteiger charge is -2.24. The van der Waals surface area contributed by atoms with Gasteiger partial charge < -0.3 is 4.42 Å². The summed E-state index contributed by atoms with van der Waals surface area (Å²) in [5.41, 5.74) is 0. The molecule has 0 saturated carbocycles. The molecule has 3 heteroatoms. The van der Waals surface area contributed by atoms with Crippen molar-refractivity contribution in [2.75, 3.05) is 12.5 Å². The van der Waals surface area contributed by atoms with Crippen LogP contribution in [0.15, 0.2) is 28.9 Å². The monoisotopic (exact) mass is 452 g/mol. The molecule has 174 valence electrons. The minimum absolute atomic E-state index is 0.868. The number of hydrogen-bond donors (Lipinski definition) is 0. The summed E-state index contributed by atoms with van der Waals surface area (Å²) in [6.45, 7) is 2.31. The molecule has 0 aromatic carbocycles. The number of allylic oxidation sites excluding steroid dienone is 1. The topological polar surface area (TPSA) is 13.1 Å². The average Bonchev–Trinajstić information content (AvgIpc) is 3.28. The van der Waals surface area contributed by atoms with Crippen LogP contribution in [0.2, 0.25) is 0 Å². The van der Waals surface area contributed by atoms with E-state index in [0.717, 1.165) is 16.3 Å². The fourth-order valence-corrected chi connectivity index (χ4v) is 6.45. The predicted molar refractivity (Wildman–Crippen MR) is 142 cm³/mol. The van der Waals surface area contributed by atoms with Crippen LogP contribution in [0.4, 0.5) is 0 Å². The Hall–Kier alpha value is -0.280. The molecular weight excluding hydrogens is 404 g/mol. The molecule has 1 heterocycles. The van der Waals surface area contributed by atoms with Crippen LogP contribution in [0.5, 0.6) is 0 Å². The molecule has 0 N–H and O–H groups in total. The van der Waals surface area contributed by atoms with Gasteiger partial charge in [-0.1, -0.05) is 90.0 Å². The van der Waals surface area contributed by atoms with Gasteiger partial charge in [-0.05, 0) is 56.4 Å². The van der Waals surface area contributed by atoms with E-state index in [0.29, 0.717) is 0 Å². The third kappa shape index (κ3) is 14.7. The Morgan fingerprint density at radius 1 is 0.767 bits per heavy atom. The van der Waals surface area contributed by atoms with Gasteiger partial charge in [-0.25, -0.2) is 0 Å². The van der Waals surface area contributed by atoms with Crippen LogP contribution >= 0.6 is 23.5 Å². The van der Waals surface area contributed by atoms with Gasteiger partial charge in [-0.3, -0.25) is 0 Å². The summed E-state index contributed by atoms with van der Waals surface area (Å²) in [6, 6.07) is 3.95. The molecule has 2 unspecified atom stereocenters. The Labute approximate surface area is 196 Å². The van der Waals surface area contributed by atoms with Crippen LogP contribution in [-0.4, -0.2) is 23.0 Å². The molecule has 1 rings (SSSR count). The SMILES string of the molecule is CCCCC(SC)C(CCCCCCCCCCCCC/C=C/c1ccco1)SC. The zero-order valence-electron chi connectivity index (χ0n) is 20.1. The Kier molecular flexibility index (Phi) is 19.1.